The summed E-state index contributed by atoms with van der Waals surface area (Å²) < 4.78 is 0. The lowest BCUT2D eigenvalue weighted by Crippen LogP contribution is -2.56. The summed E-state index contributed by atoms with van der Waals surface area (Å²) in [4.78, 5) is 16.7. The van der Waals surface area contributed by atoms with Gasteiger partial charge in [0, 0.05) is 30.9 Å². The van der Waals surface area contributed by atoms with Crippen LogP contribution in [0.4, 0.5) is 11.4 Å². The number of nitrogen functional groups attached to an aromatic ring is 1. The van der Waals surface area contributed by atoms with Crippen LogP contribution in [0.5, 0.6) is 0 Å². The van der Waals surface area contributed by atoms with Gasteiger partial charge in [0.05, 0.1) is 17.3 Å². The molecule has 0 bridgehead atoms. The van der Waals surface area contributed by atoms with Crippen molar-refractivity contribution in [2.45, 2.75) is 25.9 Å². The van der Waals surface area contributed by atoms with E-state index in [1.165, 1.54) is 0 Å². The highest BCUT2D eigenvalue weighted by molar-refractivity contribution is 6.34. The summed E-state index contributed by atoms with van der Waals surface area (Å²) in [5.74, 6) is -0.0503. The van der Waals surface area contributed by atoms with Gasteiger partial charge in [-0.2, -0.15) is 0 Å². The number of halogens is 1. The van der Waals surface area contributed by atoms with E-state index in [1.54, 1.807) is 18.2 Å². The number of likely N-dealkylation sites (N-methyl/N-ethyl adjacent to an activating group) is 1. The summed E-state index contributed by atoms with van der Waals surface area (Å²) in [6.45, 7) is 6.52. The highest BCUT2D eigenvalue weighted by Gasteiger charge is 2.27. The first-order chi connectivity index (χ1) is 9.86. The Bertz CT molecular complexity index is 510. The normalized spacial score (nSPS) is 24.0. The van der Waals surface area contributed by atoms with Gasteiger partial charge in [0.2, 0.25) is 5.91 Å². The molecule has 1 saturated heterocycles. The lowest BCUT2D eigenvalue weighted by molar-refractivity contribution is -0.118. The number of carbonyl (C=O) groups excluding carboxylic acids is 1. The third kappa shape index (κ3) is 4.09. The molecule has 0 spiro atoms. The number of nitrogens with zero attached hydrogens (tertiary/aromatic N) is 2. The molecule has 116 valence electrons. The van der Waals surface area contributed by atoms with Crippen LogP contribution in [0.3, 0.4) is 0 Å². The zero-order valence-corrected chi connectivity index (χ0v) is 13.5. The Balaban J connectivity index is 1.93. The van der Waals surface area contributed by atoms with Gasteiger partial charge in [-0.1, -0.05) is 11.6 Å². The molecule has 2 unspecified atom stereocenters. The second-order valence-corrected chi connectivity index (χ2v) is 6.25. The van der Waals surface area contributed by atoms with Gasteiger partial charge in [0.15, 0.2) is 0 Å². The molecule has 1 fully saturated rings. The number of amides is 1. The van der Waals surface area contributed by atoms with E-state index in [9.17, 15) is 4.79 Å². The number of carbonyl (C=O) groups is 1. The molecule has 1 aromatic carbocycles. The lowest BCUT2D eigenvalue weighted by Gasteiger charge is -2.42. The summed E-state index contributed by atoms with van der Waals surface area (Å²) in [5, 5.41) is 3.31. The number of anilines is 2. The van der Waals surface area contributed by atoms with E-state index in [1.807, 2.05) is 0 Å². The van der Waals surface area contributed by atoms with Crippen LogP contribution in [0.2, 0.25) is 5.02 Å². The van der Waals surface area contributed by atoms with E-state index in [4.69, 9.17) is 17.3 Å². The lowest BCUT2D eigenvalue weighted by atomic mass is 10.1. The predicted molar refractivity (Wildman–Crippen MR) is 87.6 cm³/mol. The van der Waals surface area contributed by atoms with Crippen LogP contribution in [-0.4, -0.2) is 54.5 Å². The Kier molecular flexibility index (Phi) is 5.08. The zero-order valence-electron chi connectivity index (χ0n) is 12.8. The van der Waals surface area contributed by atoms with Crippen molar-refractivity contribution in [3.05, 3.63) is 23.2 Å². The second-order valence-electron chi connectivity index (χ2n) is 5.85. The summed E-state index contributed by atoms with van der Waals surface area (Å²) in [6, 6.07) is 5.98. The maximum absolute atomic E-state index is 12.2. The van der Waals surface area contributed by atoms with Crippen LogP contribution in [0, 0.1) is 0 Å². The predicted octanol–water partition coefficient (Wildman–Crippen LogP) is 1.89. The van der Waals surface area contributed by atoms with E-state index in [2.05, 4.69) is 36.0 Å². The van der Waals surface area contributed by atoms with Crippen LogP contribution in [0.15, 0.2) is 18.2 Å². The van der Waals surface area contributed by atoms with E-state index in [-0.39, 0.29) is 5.91 Å². The fraction of sp³-hybridized carbons (Fsp3) is 0.533. The number of rotatable bonds is 3. The number of nitrogens with one attached hydrogen (secondary N) is 1. The first-order valence-electron chi connectivity index (χ1n) is 7.16. The van der Waals surface area contributed by atoms with Crippen LogP contribution in [-0.2, 0) is 4.79 Å². The van der Waals surface area contributed by atoms with Crippen LogP contribution in [0.25, 0.3) is 0 Å². The summed E-state index contributed by atoms with van der Waals surface area (Å²) in [5.41, 5.74) is 6.83. The van der Waals surface area contributed by atoms with Crippen molar-refractivity contribution in [2.75, 3.05) is 37.7 Å². The largest absolute Gasteiger partial charge is 0.399 e. The van der Waals surface area contributed by atoms with E-state index >= 15 is 0 Å². The Labute approximate surface area is 131 Å². The molecule has 1 heterocycles. The summed E-state index contributed by atoms with van der Waals surface area (Å²) in [7, 11) is 2.13. The van der Waals surface area contributed by atoms with Gasteiger partial charge < -0.3 is 11.1 Å². The SMILES string of the molecule is CC1CN(CC(=O)Nc2ccc(N)cc2Cl)CC(C)N1C. The highest BCUT2D eigenvalue weighted by atomic mass is 35.5. The minimum Gasteiger partial charge on any atom is -0.399 e. The van der Waals surface area contributed by atoms with E-state index in [0.29, 0.717) is 35.0 Å². The van der Waals surface area contributed by atoms with Gasteiger partial charge in [-0.15, -0.1) is 0 Å². The molecular formula is C15H23ClN4O. The maximum Gasteiger partial charge on any atom is 0.238 e. The average Bonchev–Trinajstić information content (AvgIpc) is 2.39. The van der Waals surface area contributed by atoms with Crippen molar-refractivity contribution in [3.63, 3.8) is 0 Å². The van der Waals surface area contributed by atoms with Crippen LogP contribution in [0.1, 0.15) is 13.8 Å². The minimum atomic E-state index is -0.0503. The first-order valence-corrected chi connectivity index (χ1v) is 7.53. The van der Waals surface area contributed by atoms with Crippen molar-refractivity contribution < 1.29 is 4.79 Å². The molecule has 5 nitrogen and oxygen atoms in total. The molecule has 1 amide bonds. The number of benzene rings is 1. The van der Waals surface area contributed by atoms with E-state index < -0.39 is 0 Å². The van der Waals surface area contributed by atoms with Crippen molar-refractivity contribution in [1.82, 2.24) is 9.80 Å². The van der Waals surface area contributed by atoms with Crippen molar-refractivity contribution in [1.29, 1.82) is 0 Å². The Hall–Kier alpha value is -1.30. The number of nitrogens with two attached hydrogens (primary N) is 1. The van der Waals surface area contributed by atoms with E-state index in [0.717, 1.165) is 13.1 Å². The molecule has 3 N–H and O–H groups in total. The standard InChI is InChI=1S/C15H23ClN4O/c1-10-7-20(8-11(2)19(10)3)9-15(21)18-14-5-4-12(17)6-13(14)16/h4-6,10-11H,7-9,17H2,1-3H3,(H,18,21). The van der Waals surface area contributed by atoms with Gasteiger partial charge in [0.1, 0.15) is 0 Å². The average molecular weight is 311 g/mol. The zero-order chi connectivity index (χ0) is 15.6. The second kappa shape index (κ2) is 6.64. The van der Waals surface area contributed by atoms with Gasteiger partial charge in [-0.25, -0.2) is 0 Å². The molecule has 0 aliphatic carbocycles. The maximum atomic E-state index is 12.2. The molecule has 2 rings (SSSR count). The van der Waals surface area contributed by atoms with Crippen molar-refractivity contribution >= 4 is 28.9 Å². The quantitative estimate of drug-likeness (QED) is 0.837. The monoisotopic (exact) mass is 310 g/mol. The van der Waals surface area contributed by atoms with Gasteiger partial charge >= 0.3 is 0 Å². The topological polar surface area (TPSA) is 61.6 Å². The van der Waals surface area contributed by atoms with Gasteiger partial charge in [0.25, 0.3) is 0 Å². The molecule has 0 radical (unpaired) electrons. The fourth-order valence-electron chi connectivity index (χ4n) is 2.67. The molecule has 0 aromatic heterocycles. The molecule has 2 atom stereocenters. The molecule has 21 heavy (non-hydrogen) atoms. The molecule has 0 saturated carbocycles. The first kappa shape index (κ1) is 16.1. The Morgan fingerprint density at radius 2 is 2.00 bits per heavy atom. The molecule has 1 aliphatic heterocycles. The fourth-order valence-corrected chi connectivity index (χ4v) is 2.90. The smallest absolute Gasteiger partial charge is 0.238 e. The number of hydrogen-bond donors (Lipinski definition) is 2. The third-order valence-corrected chi connectivity index (χ3v) is 4.38. The van der Waals surface area contributed by atoms with Gasteiger partial charge in [-0.3, -0.25) is 14.6 Å². The highest BCUT2D eigenvalue weighted by Crippen LogP contribution is 2.24. The number of piperazine rings is 1. The third-order valence-electron chi connectivity index (χ3n) is 4.07. The Morgan fingerprint density at radius 1 is 1.38 bits per heavy atom. The molecular weight excluding hydrogens is 288 g/mol. The van der Waals surface area contributed by atoms with Crippen molar-refractivity contribution in [2.24, 2.45) is 0 Å². The molecule has 6 heteroatoms. The van der Waals surface area contributed by atoms with Crippen LogP contribution >= 0.6 is 11.6 Å². The number of hydrogen-bond acceptors (Lipinski definition) is 4. The van der Waals surface area contributed by atoms with Crippen LogP contribution < -0.4 is 11.1 Å². The molecule has 1 aromatic rings. The minimum absolute atomic E-state index is 0.0503. The van der Waals surface area contributed by atoms with Crippen molar-refractivity contribution in [3.8, 4) is 0 Å². The summed E-state index contributed by atoms with van der Waals surface area (Å²) in [6.07, 6.45) is 0. The van der Waals surface area contributed by atoms with Gasteiger partial charge in [-0.05, 0) is 39.1 Å². The molecule has 1 aliphatic rings. The Morgan fingerprint density at radius 3 is 2.57 bits per heavy atom. The summed E-state index contributed by atoms with van der Waals surface area (Å²) >= 11 is 6.07.